The van der Waals surface area contributed by atoms with Crippen LogP contribution in [-0.2, 0) is 24.1 Å². The summed E-state index contributed by atoms with van der Waals surface area (Å²) < 4.78 is 5.53. The van der Waals surface area contributed by atoms with Gasteiger partial charge in [0, 0.05) is 32.0 Å². The third-order valence-corrected chi connectivity index (χ3v) is 7.39. The summed E-state index contributed by atoms with van der Waals surface area (Å²) in [7, 11) is 0. The smallest absolute Gasteiger partial charge is 0.222 e. The highest BCUT2D eigenvalue weighted by Gasteiger charge is 2.31. The van der Waals surface area contributed by atoms with Gasteiger partial charge in [-0.3, -0.25) is 4.79 Å². The van der Waals surface area contributed by atoms with Crippen LogP contribution in [0.4, 0.5) is 0 Å². The summed E-state index contributed by atoms with van der Waals surface area (Å²) in [6, 6.07) is 12.9. The Morgan fingerprint density at radius 1 is 1.12 bits per heavy atom. The monoisotopic (exact) mass is 437 g/mol. The minimum atomic E-state index is 0.351. The van der Waals surface area contributed by atoms with Crippen molar-refractivity contribution < 1.29 is 9.32 Å². The van der Waals surface area contributed by atoms with Crippen molar-refractivity contribution in [2.75, 3.05) is 26.2 Å². The number of carbonyl (C=O) groups excluding carboxylic acids is 1. The van der Waals surface area contributed by atoms with Gasteiger partial charge < -0.3 is 14.7 Å². The second-order valence-electron chi connectivity index (χ2n) is 9.82. The average molecular weight is 438 g/mol. The van der Waals surface area contributed by atoms with E-state index >= 15 is 0 Å². The number of aromatic nitrogens is 1. The van der Waals surface area contributed by atoms with Crippen LogP contribution >= 0.6 is 0 Å². The van der Waals surface area contributed by atoms with E-state index in [2.05, 4.69) is 58.7 Å². The van der Waals surface area contributed by atoms with Crippen LogP contribution in [0.2, 0.25) is 0 Å². The maximum Gasteiger partial charge on any atom is 0.222 e. The fraction of sp³-hybridized carbons (Fsp3) is 0.630. The lowest BCUT2D eigenvalue weighted by Crippen LogP contribution is -2.43. The molecule has 3 heterocycles. The van der Waals surface area contributed by atoms with Gasteiger partial charge in [0.05, 0.1) is 5.69 Å². The Bertz CT molecular complexity index is 826. The van der Waals surface area contributed by atoms with Crippen molar-refractivity contribution in [1.82, 2.24) is 15.4 Å². The molecule has 2 aliphatic heterocycles. The molecule has 5 nitrogen and oxygen atoms in total. The molecule has 0 radical (unpaired) electrons. The summed E-state index contributed by atoms with van der Waals surface area (Å²) in [4.78, 5) is 15.2. The molecule has 0 aliphatic carbocycles. The average Bonchev–Trinajstić information content (AvgIpc) is 3.27. The number of unbranched alkanes of at least 4 members (excludes halogenated alkanes) is 1. The fourth-order valence-corrected chi connectivity index (χ4v) is 5.36. The van der Waals surface area contributed by atoms with Crippen LogP contribution in [0.5, 0.6) is 0 Å². The van der Waals surface area contributed by atoms with Gasteiger partial charge in [0.15, 0.2) is 0 Å². The van der Waals surface area contributed by atoms with E-state index in [0.717, 1.165) is 89.0 Å². The second-order valence-corrected chi connectivity index (χ2v) is 9.82. The van der Waals surface area contributed by atoms with Gasteiger partial charge in [0.25, 0.3) is 0 Å². The van der Waals surface area contributed by atoms with Gasteiger partial charge in [-0.1, -0.05) is 48.8 Å². The number of hydrogen-bond acceptors (Lipinski definition) is 4. The summed E-state index contributed by atoms with van der Waals surface area (Å²) in [5, 5.41) is 7.84. The maximum absolute atomic E-state index is 13.1. The van der Waals surface area contributed by atoms with Gasteiger partial charge in [-0.05, 0) is 74.9 Å². The summed E-state index contributed by atoms with van der Waals surface area (Å²) in [6.45, 7) is 5.99. The number of hydrogen-bond donors (Lipinski definition) is 1. The van der Waals surface area contributed by atoms with E-state index < -0.39 is 0 Å². The summed E-state index contributed by atoms with van der Waals surface area (Å²) in [6.07, 6.45) is 9.30. The Hall–Kier alpha value is -2.14. The molecule has 174 valence electrons. The molecule has 1 amide bonds. The molecular weight excluding hydrogens is 398 g/mol. The van der Waals surface area contributed by atoms with Crippen molar-refractivity contribution in [3.63, 3.8) is 0 Å². The standard InChI is InChI=1S/C27H39N3O2/c1-2-3-9-26-19-25(29-32-26)17-24-20-28-13-10-23(24)18-27(31)30-14-11-22(12-15-30)16-21-7-5-4-6-8-21/h4-8,19,22-24,28H,2-3,9-18,20H2,1H3. The van der Waals surface area contributed by atoms with E-state index in [1.165, 1.54) is 5.56 Å². The van der Waals surface area contributed by atoms with Gasteiger partial charge in [-0.25, -0.2) is 0 Å². The number of rotatable bonds is 9. The topological polar surface area (TPSA) is 58.4 Å². The molecule has 1 aromatic heterocycles. The summed E-state index contributed by atoms with van der Waals surface area (Å²) in [5.74, 6) is 2.93. The van der Waals surface area contributed by atoms with Crippen LogP contribution in [0.3, 0.4) is 0 Å². The molecule has 4 rings (SSSR count). The van der Waals surface area contributed by atoms with E-state index in [-0.39, 0.29) is 0 Å². The zero-order valence-corrected chi connectivity index (χ0v) is 19.6. The Morgan fingerprint density at radius 3 is 2.72 bits per heavy atom. The van der Waals surface area contributed by atoms with Crippen LogP contribution in [0.15, 0.2) is 40.9 Å². The van der Waals surface area contributed by atoms with Crippen LogP contribution in [0.1, 0.15) is 62.5 Å². The lowest BCUT2D eigenvalue weighted by atomic mass is 9.80. The molecule has 0 spiro atoms. The molecule has 1 aromatic carbocycles. The van der Waals surface area contributed by atoms with E-state index in [9.17, 15) is 4.79 Å². The van der Waals surface area contributed by atoms with Gasteiger partial charge in [-0.15, -0.1) is 0 Å². The third-order valence-electron chi connectivity index (χ3n) is 7.39. The molecule has 2 aromatic rings. The molecule has 2 aliphatic rings. The molecule has 0 bridgehead atoms. The van der Waals surface area contributed by atoms with E-state index in [1.54, 1.807) is 0 Å². The predicted octanol–water partition coefficient (Wildman–Crippen LogP) is 4.66. The van der Waals surface area contributed by atoms with Crippen molar-refractivity contribution in [3.8, 4) is 0 Å². The first-order chi connectivity index (χ1) is 15.7. The van der Waals surface area contributed by atoms with Crippen LogP contribution in [-0.4, -0.2) is 42.1 Å². The number of benzene rings is 1. The lowest BCUT2D eigenvalue weighted by molar-refractivity contribution is -0.134. The van der Waals surface area contributed by atoms with Gasteiger partial charge in [0.1, 0.15) is 5.76 Å². The van der Waals surface area contributed by atoms with E-state index in [1.807, 2.05) is 0 Å². The first kappa shape index (κ1) is 23.0. The van der Waals surface area contributed by atoms with E-state index in [4.69, 9.17) is 4.52 Å². The zero-order chi connectivity index (χ0) is 22.2. The van der Waals surface area contributed by atoms with Crippen molar-refractivity contribution in [2.45, 2.75) is 64.7 Å². The number of amides is 1. The number of likely N-dealkylation sites (tertiary alicyclic amines) is 1. The predicted molar refractivity (Wildman–Crippen MR) is 127 cm³/mol. The van der Waals surface area contributed by atoms with Crippen molar-refractivity contribution in [1.29, 1.82) is 0 Å². The Balaban J connectivity index is 1.25. The molecule has 0 saturated carbocycles. The molecular formula is C27H39N3O2. The van der Waals surface area contributed by atoms with Gasteiger partial charge in [-0.2, -0.15) is 0 Å². The summed E-state index contributed by atoms with van der Waals surface area (Å²) in [5.41, 5.74) is 2.46. The zero-order valence-electron chi connectivity index (χ0n) is 19.6. The van der Waals surface area contributed by atoms with E-state index in [0.29, 0.717) is 30.1 Å². The van der Waals surface area contributed by atoms with Crippen LogP contribution in [0.25, 0.3) is 0 Å². The number of aryl methyl sites for hydroxylation is 1. The van der Waals surface area contributed by atoms with Crippen LogP contribution < -0.4 is 5.32 Å². The Kier molecular flexibility index (Phi) is 8.38. The first-order valence-corrected chi connectivity index (χ1v) is 12.7. The second kappa shape index (κ2) is 11.6. The molecule has 2 saturated heterocycles. The number of nitrogens with one attached hydrogen (secondary N) is 1. The van der Waals surface area contributed by atoms with Gasteiger partial charge >= 0.3 is 0 Å². The molecule has 2 unspecified atom stereocenters. The fourth-order valence-electron chi connectivity index (χ4n) is 5.36. The first-order valence-electron chi connectivity index (χ1n) is 12.7. The largest absolute Gasteiger partial charge is 0.361 e. The summed E-state index contributed by atoms with van der Waals surface area (Å²) >= 11 is 0. The highest BCUT2D eigenvalue weighted by Crippen LogP contribution is 2.29. The quantitative estimate of drug-likeness (QED) is 0.620. The normalized spacial score (nSPS) is 22.2. The SMILES string of the molecule is CCCCc1cc(CC2CNCCC2CC(=O)N2CCC(Cc3ccccc3)CC2)no1. The van der Waals surface area contributed by atoms with Crippen molar-refractivity contribution in [3.05, 3.63) is 53.4 Å². The lowest BCUT2D eigenvalue weighted by Gasteiger charge is -2.36. The highest BCUT2D eigenvalue weighted by atomic mass is 16.5. The van der Waals surface area contributed by atoms with Crippen molar-refractivity contribution in [2.24, 2.45) is 17.8 Å². The highest BCUT2D eigenvalue weighted by molar-refractivity contribution is 5.76. The molecule has 5 heteroatoms. The molecule has 1 N–H and O–H groups in total. The van der Waals surface area contributed by atoms with Crippen LogP contribution in [0, 0.1) is 17.8 Å². The van der Waals surface area contributed by atoms with Crippen molar-refractivity contribution >= 4 is 5.91 Å². The number of nitrogens with zero attached hydrogens (tertiary/aromatic N) is 2. The number of piperidine rings is 2. The minimum Gasteiger partial charge on any atom is -0.361 e. The molecule has 32 heavy (non-hydrogen) atoms. The molecule has 2 atom stereocenters. The Morgan fingerprint density at radius 2 is 1.94 bits per heavy atom. The van der Waals surface area contributed by atoms with Gasteiger partial charge in [0.2, 0.25) is 5.91 Å². The molecule has 2 fully saturated rings. The minimum absolute atomic E-state index is 0.351. The number of carbonyl (C=O) groups is 1. The Labute approximate surface area is 192 Å². The maximum atomic E-state index is 13.1. The third kappa shape index (κ3) is 6.44.